The first-order valence-corrected chi connectivity index (χ1v) is 8.66. The van der Waals surface area contributed by atoms with Gasteiger partial charge in [0.25, 0.3) is 0 Å². The molecule has 104 valence electrons. The Kier molecular flexibility index (Phi) is 3.93. The fourth-order valence-electron chi connectivity index (χ4n) is 2.65. The van der Waals surface area contributed by atoms with Gasteiger partial charge in [-0.1, -0.05) is 11.3 Å². The fourth-order valence-corrected chi connectivity index (χ4v) is 4.32. The molecule has 19 heavy (non-hydrogen) atoms. The van der Waals surface area contributed by atoms with Crippen molar-refractivity contribution in [1.29, 1.82) is 0 Å². The van der Waals surface area contributed by atoms with E-state index >= 15 is 0 Å². The van der Waals surface area contributed by atoms with Crippen molar-refractivity contribution in [2.24, 2.45) is 0 Å². The van der Waals surface area contributed by atoms with Crippen LogP contribution >= 0.6 is 23.1 Å². The highest BCUT2D eigenvalue weighted by molar-refractivity contribution is 7.99. The molecule has 0 unspecified atom stereocenters. The molecule has 3 heterocycles. The molecule has 2 aliphatic heterocycles. The van der Waals surface area contributed by atoms with Crippen LogP contribution in [0.1, 0.15) is 17.8 Å². The van der Waals surface area contributed by atoms with E-state index in [0.717, 1.165) is 54.1 Å². The summed E-state index contributed by atoms with van der Waals surface area (Å²) in [6.45, 7) is 4.66. The molecule has 7 heteroatoms. The highest BCUT2D eigenvalue weighted by Gasteiger charge is 2.35. The Morgan fingerprint density at radius 2 is 2.05 bits per heavy atom. The quantitative estimate of drug-likeness (QED) is 0.826. The predicted molar refractivity (Wildman–Crippen MR) is 78.9 cm³/mol. The standard InChI is InChI=1S/C12H18N4OS2/c1-9-13-14-12(19-9)16-4-2-3-10(16)11(17)15-5-7-18-8-6-15/h10H,2-8H2,1H3/t10-/m1/s1. The van der Waals surface area contributed by atoms with Crippen molar-refractivity contribution in [3.8, 4) is 0 Å². The minimum atomic E-state index is -0.0181. The second-order valence-corrected chi connectivity index (χ2v) is 7.28. The SMILES string of the molecule is Cc1nnc(N2CCC[C@@H]2C(=O)N2CCSCC2)s1. The van der Waals surface area contributed by atoms with Gasteiger partial charge in [-0.05, 0) is 19.8 Å². The van der Waals surface area contributed by atoms with Crippen LogP contribution in [0.4, 0.5) is 5.13 Å². The van der Waals surface area contributed by atoms with Crippen LogP contribution in [-0.4, -0.2) is 58.2 Å². The molecule has 0 aliphatic carbocycles. The molecule has 5 nitrogen and oxygen atoms in total. The monoisotopic (exact) mass is 298 g/mol. The van der Waals surface area contributed by atoms with Crippen molar-refractivity contribution in [3.63, 3.8) is 0 Å². The van der Waals surface area contributed by atoms with E-state index in [2.05, 4.69) is 15.1 Å². The predicted octanol–water partition coefficient (Wildman–Crippen LogP) is 1.39. The van der Waals surface area contributed by atoms with Gasteiger partial charge in [-0.25, -0.2) is 0 Å². The summed E-state index contributed by atoms with van der Waals surface area (Å²) in [5.41, 5.74) is 0. The van der Waals surface area contributed by atoms with Crippen LogP contribution < -0.4 is 4.90 Å². The van der Waals surface area contributed by atoms with Crippen molar-refractivity contribution in [3.05, 3.63) is 5.01 Å². The molecule has 0 N–H and O–H groups in total. The van der Waals surface area contributed by atoms with Gasteiger partial charge in [0.15, 0.2) is 0 Å². The summed E-state index contributed by atoms with van der Waals surface area (Å²) in [6.07, 6.45) is 2.01. The van der Waals surface area contributed by atoms with Crippen molar-refractivity contribution >= 4 is 34.1 Å². The van der Waals surface area contributed by atoms with Crippen LogP contribution in [0.3, 0.4) is 0 Å². The summed E-state index contributed by atoms with van der Waals surface area (Å²) >= 11 is 3.51. The molecule has 1 atom stereocenters. The maximum Gasteiger partial charge on any atom is 0.245 e. The van der Waals surface area contributed by atoms with Gasteiger partial charge in [0.2, 0.25) is 11.0 Å². The van der Waals surface area contributed by atoms with E-state index in [1.165, 1.54) is 0 Å². The molecular formula is C12H18N4OS2. The molecule has 0 bridgehead atoms. The summed E-state index contributed by atoms with van der Waals surface area (Å²) in [4.78, 5) is 16.8. The number of thioether (sulfide) groups is 1. The molecule has 1 aromatic heterocycles. The van der Waals surface area contributed by atoms with Crippen LogP contribution in [0, 0.1) is 6.92 Å². The number of carbonyl (C=O) groups is 1. The molecule has 2 saturated heterocycles. The number of hydrogen-bond donors (Lipinski definition) is 0. The third-order valence-corrected chi connectivity index (χ3v) is 5.44. The molecule has 1 amide bonds. The maximum atomic E-state index is 12.6. The summed E-state index contributed by atoms with van der Waals surface area (Å²) in [6, 6.07) is -0.0181. The highest BCUT2D eigenvalue weighted by atomic mass is 32.2. The van der Waals surface area contributed by atoms with Gasteiger partial charge in [0.1, 0.15) is 11.0 Å². The lowest BCUT2D eigenvalue weighted by Crippen LogP contribution is -2.48. The first-order valence-electron chi connectivity index (χ1n) is 6.69. The number of amides is 1. The molecule has 0 aromatic carbocycles. The molecule has 1 aromatic rings. The molecular weight excluding hydrogens is 280 g/mol. The van der Waals surface area contributed by atoms with Crippen molar-refractivity contribution in [2.45, 2.75) is 25.8 Å². The first kappa shape index (κ1) is 13.2. The van der Waals surface area contributed by atoms with Gasteiger partial charge in [0, 0.05) is 31.1 Å². The van der Waals surface area contributed by atoms with E-state index in [4.69, 9.17) is 0 Å². The lowest BCUT2D eigenvalue weighted by molar-refractivity contribution is -0.132. The molecule has 3 rings (SSSR count). The number of aryl methyl sites for hydroxylation is 1. The largest absolute Gasteiger partial charge is 0.339 e. The number of carbonyl (C=O) groups excluding carboxylic acids is 1. The summed E-state index contributed by atoms with van der Waals surface area (Å²) in [5.74, 6) is 2.41. The third kappa shape index (κ3) is 2.72. The van der Waals surface area contributed by atoms with E-state index in [0.29, 0.717) is 0 Å². The Labute approximate surface area is 121 Å². The number of anilines is 1. The lowest BCUT2D eigenvalue weighted by atomic mass is 10.2. The zero-order valence-electron chi connectivity index (χ0n) is 11.0. The Morgan fingerprint density at radius 3 is 2.74 bits per heavy atom. The minimum absolute atomic E-state index is 0.0181. The minimum Gasteiger partial charge on any atom is -0.339 e. The summed E-state index contributed by atoms with van der Waals surface area (Å²) < 4.78 is 0. The maximum absolute atomic E-state index is 12.6. The van der Waals surface area contributed by atoms with E-state index < -0.39 is 0 Å². The van der Waals surface area contributed by atoms with Gasteiger partial charge in [0.05, 0.1) is 0 Å². The van der Waals surface area contributed by atoms with Crippen molar-refractivity contribution < 1.29 is 4.79 Å². The number of nitrogens with zero attached hydrogens (tertiary/aromatic N) is 4. The van der Waals surface area contributed by atoms with Gasteiger partial charge in [-0.15, -0.1) is 10.2 Å². The smallest absolute Gasteiger partial charge is 0.245 e. The zero-order valence-corrected chi connectivity index (χ0v) is 12.7. The van der Waals surface area contributed by atoms with Crippen LogP contribution in [0.15, 0.2) is 0 Å². The average Bonchev–Trinajstić information content (AvgIpc) is 3.07. The molecule has 0 saturated carbocycles. The van der Waals surface area contributed by atoms with Gasteiger partial charge < -0.3 is 9.80 Å². The molecule has 0 radical (unpaired) electrons. The van der Waals surface area contributed by atoms with Crippen molar-refractivity contribution in [1.82, 2.24) is 15.1 Å². The number of aromatic nitrogens is 2. The lowest BCUT2D eigenvalue weighted by Gasteiger charge is -2.32. The van der Waals surface area contributed by atoms with E-state index in [1.54, 1.807) is 11.3 Å². The van der Waals surface area contributed by atoms with Crippen LogP contribution in [0.2, 0.25) is 0 Å². The van der Waals surface area contributed by atoms with E-state index in [-0.39, 0.29) is 11.9 Å². The highest BCUT2D eigenvalue weighted by Crippen LogP contribution is 2.29. The summed E-state index contributed by atoms with van der Waals surface area (Å²) in [5, 5.41) is 10.1. The topological polar surface area (TPSA) is 49.3 Å². The average molecular weight is 298 g/mol. The van der Waals surface area contributed by atoms with Crippen molar-refractivity contribution in [2.75, 3.05) is 36.0 Å². The summed E-state index contributed by atoms with van der Waals surface area (Å²) in [7, 11) is 0. The fraction of sp³-hybridized carbons (Fsp3) is 0.750. The Balaban J connectivity index is 1.73. The number of rotatable bonds is 2. The molecule has 2 fully saturated rings. The van der Waals surface area contributed by atoms with Gasteiger partial charge >= 0.3 is 0 Å². The Bertz CT molecular complexity index is 458. The molecule has 0 spiro atoms. The Hall–Kier alpha value is -0.820. The molecule has 2 aliphatic rings. The van der Waals surface area contributed by atoms with Gasteiger partial charge in [-0.2, -0.15) is 11.8 Å². The zero-order chi connectivity index (χ0) is 13.2. The van der Waals surface area contributed by atoms with E-state index in [9.17, 15) is 4.79 Å². The van der Waals surface area contributed by atoms with Crippen LogP contribution in [-0.2, 0) is 4.79 Å². The van der Waals surface area contributed by atoms with E-state index in [1.807, 2.05) is 23.6 Å². The second kappa shape index (κ2) is 5.66. The second-order valence-electron chi connectivity index (χ2n) is 4.89. The van der Waals surface area contributed by atoms with Crippen LogP contribution in [0.25, 0.3) is 0 Å². The number of hydrogen-bond acceptors (Lipinski definition) is 6. The Morgan fingerprint density at radius 1 is 1.26 bits per heavy atom. The van der Waals surface area contributed by atoms with Crippen LogP contribution in [0.5, 0.6) is 0 Å². The third-order valence-electron chi connectivity index (χ3n) is 3.62. The van der Waals surface area contributed by atoms with Gasteiger partial charge in [-0.3, -0.25) is 4.79 Å². The normalized spacial score (nSPS) is 23.9. The first-order chi connectivity index (χ1) is 9.25.